The average molecular weight is 246 g/mol. The summed E-state index contributed by atoms with van der Waals surface area (Å²) in [6, 6.07) is 0. The SMILES string of the molecule is CC(=NN)PNI=N. The number of halogens is 1. The van der Waals surface area contributed by atoms with Crippen molar-refractivity contribution in [1.82, 2.24) is 3.30 Å². The summed E-state index contributed by atoms with van der Waals surface area (Å²) in [5.74, 6) is 4.92. The highest BCUT2D eigenvalue weighted by molar-refractivity contribution is 14.1. The summed E-state index contributed by atoms with van der Waals surface area (Å²) in [4.78, 5) is 0. The van der Waals surface area contributed by atoms with E-state index in [1.54, 1.807) is 0 Å². The Labute approximate surface area is 60.4 Å². The topological polar surface area (TPSA) is 74.3 Å². The Bertz CT molecular complexity index is 102. The minimum absolute atomic E-state index is 0.442. The van der Waals surface area contributed by atoms with Gasteiger partial charge in [0.15, 0.2) is 0 Å². The number of hydrazone groups is 1. The summed E-state index contributed by atoms with van der Waals surface area (Å²) in [5.41, 5.74) is 0.872. The van der Waals surface area contributed by atoms with Gasteiger partial charge in [0.05, 0.1) is 26.8 Å². The summed E-state index contributed by atoms with van der Waals surface area (Å²) in [6.45, 7) is 1.84. The zero-order valence-corrected chi connectivity index (χ0v) is 7.56. The molecule has 0 aliphatic heterocycles. The molecule has 1 unspecified atom stereocenters. The van der Waals surface area contributed by atoms with Crippen molar-refractivity contribution in [1.29, 1.82) is 3.56 Å². The Morgan fingerprint density at radius 1 is 2.00 bits per heavy atom. The fourth-order valence-electron chi connectivity index (χ4n) is 0.124. The zero-order valence-electron chi connectivity index (χ0n) is 4.40. The van der Waals surface area contributed by atoms with E-state index in [0.717, 1.165) is 5.45 Å². The van der Waals surface area contributed by atoms with E-state index < -0.39 is 21.3 Å². The first-order chi connectivity index (χ1) is 3.81. The van der Waals surface area contributed by atoms with Crippen LogP contribution in [0.25, 0.3) is 0 Å². The van der Waals surface area contributed by atoms with Gasteiger partial charge in [-0.25, -0.2) is 3.30 Å². The standard InChI is InChI=1S/C2H8IN4P/c1-2(6-5)8-7-3-4/h8H,5H2,1H3,(H2,4,7). The predicted octanol–water partition coefficient (Wildman–Crippen LogP) is 1.11. The Balaban J connectivity index is 3.24. The summed E-state index contributed by atoms with van der Waals surface area (Å²) >= 11 is -0.556. The highest BCUT2D eigenvalue weighted by atomic mass is 127. The lowest BCUT2D eigenvalue weighted by molar-refractivity contribution is 1.25. The molecule has 0 saturated carbocycles. The van der Waals surface area contributed by atoms with Crippen molar-refractivity contribution >= 4 is 35.5 Å². The molecule has 0 aromatic rings. The summed E-state index contributed by atoms with van der Waals surface area (Å²) < 4.78 is 9.67. The highest BCUT2D eigenvalue weighted by Gasteiger charge is 1.84. The monoisotopic (exact) mass is 246 g/mol. The van der Waals surface area contributed by atoms with Crippen LogP contribution in [0.1, 0.15) is 6.92 Å². The molecule has 0 aromatic carbocycles. The number of nitrogens with zero attached hydrogens (tertiary/aromatic N) is 1. The Kier molecular flexibility index (Phi) is 5.79. The van der Waals surface area contributed by atoms with E-state index in [4.69, 9.17) is 9.40 Å². The van der Waals surface area contributed by atoms with E-state index in [-0.39, 0.29) is 0 Å². The van der Waals surface area contributed by atoms with Crippen LogP contribution in [0.3, 0.4) is 0 Å². The van der Waals surface area contributed by atoms with Gasteiger partial charge in [-0.05, 0) is 6.92 Å². The Morgan fingerprint density at radius 2 is 2.62 bits per heavy atom. The molecule has 0 amide bonds. The lowest BCUT2D eigenvalue weighted by atomic mass is 10.9. The lowest BCUT2D eigenvalue weighted by Crippen LogP contribution is -1.92. The third-order valence-corrected chi connectivity index (χ3v) is 2.77. The predicted molar refractivity (Wildman–Crippen MR) is 45.5 cm³/mol. The van der Waals surface area contributed by atoms with Crippen LogP contribution in [0.5, 0.6) is 0 Å². The molecule has 8 heavy (non-hydrogen) atoms. The molecule has 4 nitrogen and oxygen atoms in total. The van der Waals surface area contributed by atoms with Gasteiger partial charge in [0.2, 0.25) is 0 Å². The fourth-order valence-corrected chi connectivity index (χ4v) is 1.95. The first kappa shape index (κ1) is 8.39. The second kappa shape index (κ2) is 5.53. The van der Waals surface area contributed by atoms with E-state index in [2.05, 4.69) is 8.40 Å². The van der Waals surface area contributed by atoms with Crippen molar-refractivity contribution in [3.05, 3.63) is 0 Å². The number of nitrogens with one attached hydrogen (secondary N) is 2. The van der Waals surface area contributed by atoms with Crippen LogP contribution in [0, 0.1) is 3.56 Å². The molecule has 0 radical (unpaired) electrons. The molecule has 48 valence electrons. The van der Waals surface area contributed by atoms with Gasteiger partial charge in [-0.3, -0.25) is 3.56 Å². The van der Waals surface area contributed by atoms with Gasteiger partial charge in [0.1, 0.15) is 0 Å². The molecule has 0 fully saturated rings. The van der Waals surface area contributed by atoms with Crippen molar-refractivity contribution in [2.45, 2.75) is 6.92 Å². The molecule has 0 rings (SSSR count). The largest absolute Gasteiger partial charge is 0.323 e. The second-order valence-electron chi connectivity index (χ2n) is 1.03. The first-order valence-corrected chi connectivity index (χ1v) is 5.02. The molecule has 1 atom stereocenters. The summed E-state index contributed by atoms with van der Waals surface area (Å²) in [7, 11) is 0.442. The number of hydrogen-bond donors (Lipinski definition) is 3. The zero-order chi connectivity index (χ0) is 6.41. The van der Waals surface area contributed by atoms with Crippen molar-refractivity contribution < 1.29 is 0 Å². The minimum atomic E-state index is -0.556. The maximum absolute atomic E-state index is 6.78. The molecule has 0 spiro atoms. The summed E-state index contributed by atoms with van der Waals surface area (Å²) in [6.07, 6.45) is 0. The third-order valence-electron chi connectivity index (χ3n) is 0.469. The Hall–Kier alpha value is 0.390. The van der Waals surface area contributed by atoms with Crippen LogP contribution >= 0.6 is 30.0 Å². The van der Waals surface area contributed by atoms with Crippen LogP contribution in [0.4, 0.5) is 0 Å². The van der Waals surface area contributed by atoms with E-state index in [1.807, 2.05) is 6.92 Å². The molecule has 0 heterocycles. The van der Waals surface area contributed by atoms with Crippen molar-refractivity contribution in [3.63, 3.8) is 0 Å². The van der Waals surface area contributed by atoms with Gasteiger partial charge in [-0.1, -0.05) is 0 Å². The maximum Gasteiger partial charge on any atom is 0.0789 e. The van der Waals surface area contributed by atoms with E-state index in [9.17, 15) is 0 Å². The third kappa shape index (κ3) is 4.55. The van der Waals surface area contributed by atoms with Gasteiger partial charge in [-0.2, -0.15) is 5.10 Å². The lowest BCUT2D eigenvalue weighted by Gasteiger charge is -1.91. The van der Waals surface area contributed by atoms with E-state index in [1.165, 1.54) is 0 Å². The van der Waals surface area contributed by atoms with Crippen molar-refractivity contribution in [2.24, 2.45) is 10.9 Å². The van der Waals surface area contributed by atoms with Gasteiger partial charge in [0.25, 0.3) is 0 Å². The van der Waals surface area contributed by atoms with Crippen molar-refractivity contribution in [3.8, 4) is 0 Å². The minimum Gasteiger partial charge on any atom is -0.323 e. The molecule has 0 aliphatic rings. The van der Waals surface area contributed by atoms with Crippen LogP contribution in [0.15, 0.2) is 5.10 Å². The highest BCUT2D eigenvalue weighted by Crippen LogP contribution is 2.09. The normalized spacial score (nSPS) is 13.4. The Morgan fingerprint density at radius 3 is 3.00 bits per heavy atom. The molecule has 4 N–H and O–H groups in total. The van der Waals surface area contributed by atoms with Crippen LogP contribution < -0.4 is 9.14 Å². The average Bonchev–Trinajstić information content (AvgIpc) is 1.83. The quantitative estimate of drug-likeness (QED) is 0.174. The number of nitrogens with two attached hydrogens (primary N) is 1. The first-order valence-electron chi connectivity index (χ1n) is 1.86. The van der Waals surface area contributed by atoms with Crippen LogP contribution in [-0.4, -0.2) is 5.45 Å². The maximum atomic E-state index is 6.78. The smallest absolute Gasteiger partial charge is 0.0789 e. The van der Waals surface area contributed by atoms with Gasteiger partial charge < -0.3 is 5.84 Å². The van der Waals surface area contributed by atoms with Crippen molar-refractivity contribution in [2.75, 3.05) is 0 Å². The second-order valence-corrected chi connectivity index (χ2v) is 4.35. The molecule has 0 bridgehead atoms. The molecule has 0 saturated heterocycles. The van der Waals surface area contributed by atoms with Crippen LogP contribution in [0.2, 0.25) is 0 Å². The van der Waals surface area contributed by atoms with Crippen LogP contribution in [-0.2, 0) is 0 Å². The van der Waals surface area contributed by atoms with Gasteiger partial charge in [-0.15, -0.1) is 0 Å². The molecule has 0 aromatic heterocycles. The van der Waals surface area contributed by atoms with E-state index >= 15 is 0 Å². The molecule has 6 heteroatoms. The molecular weight excluding hydrogens is 238 g/mol. The number of rotatable bonds is 3. The van der Waals surface area contributed by atoms with Gasteiger partial charge in [0, 0.05) is 8.73 Å². The molecule has 0 aliphatic carbocycles. The fraction of sp³-hybridized carbons (Fsp3) is 0.500. The number of hydrogen-bond acceptors (Lipinski definition) is 3. The molecular formula is C2H8IN4P. The van der Waals surface area contributed by atoms with Gasteiger partial charge >= 0.3 is 0 Å². The summed E-state index contributed by atoms with van der Waals surface area (Å²) in [5, 5.41) is 3.43. The van der Waals surface area contributed by atoms with E-state index in [0.29, 0.717) is 8.73 Å².